The molecule has 88 valence electrons. The van der Waals surface area contributed by atoms with Gasteiger partial charge in [0.05, 0.1) is 17.5 Å². The van der Waals surface area contributed by atoms with Gasteiger partial charge in [0.25, 0.3) is 5.69 Å². The summed E-state index contributed by atoms with van der Waals surface area (Å²) in [6, 6.07) is 3.03. The Hall–Kier alpha value is -2.35. The third-order valence-corrected chi connectivity index (χ3v) is 1.98. The summed E-state index contributed by atoms with van der Waals surface area (Å²) in [7, 11) is 0. The number of halogens is 1. The van der Waals surface area contributed by atoms with Crippen LogP contribution in [0.15, 0.2) is 22.6 Å². The van der Waals surface area contributed by atoms with Gasteiger partial charge >= 0.3 is 0 Å². The van der Waals surface area contributed by atoms with Crippen molar-refractivity contribution in [1.82, 2.24) is 10.2 Å². The van der Waals surface area contributed by atoms with Crippen LogP contribution in [0.25, 0.3) is 11.5 Å². The number of nitro groups is 1. The molecule has 0 atom stereocenters. The first kappa shape index (κ1) is 11.1. The number of benzene rings is 1. The third kappa shape index (κ3) is 2.26. The topological polar surface area (TPSA) is 108 Å². The zero-order valence-electron chi connectivity index (χ0n) is 8.46. The van der Waals surface area contributed by atoms with Crippen LogP contribution in [0.4, 0.5) is 10.1 Å². The van der Waals surface area contributed by atoms with Crippen LogP contribution in [0.2, 0.25) is 0 Å². The van der Waals surface area contributed by atoms with Gasteiger partial charge in [-0.2, -0.15) is 0 Å². The van der Waals surface area contributed by atoms with Crippen molar-refractivity contribution < 1.29 is 13.7 Å². The lowest BCUT2D eigenvalue weighted by molar-refractivity contribution is -0.385. The van der Waals surface area contributed by atoms with E-state index in [0.29, 0.717) is 0 Å². The minimum Gasteiger partial charge on any atom is -0.419 e. The van der Waals surface area contributed by atoms with Gasteiger partial charge in [-0.25, -0.2) is 4.39 Å². The second-order valence-electron chi connectivity index (χ2n) is 3.16. The van der Waals surface area contributed by atoms with Crippen molar-refractivity contribution in [2.45, 2.75) is 6.54 Å². The van der Waals surface area contributed by atoms with Crippen LogP contribution in [0.1, 0.15) is 5.89 Å². The normalized spacial score (nSPS) is 10.5. The fourth-order valence-corrected chi connectivity index (χ4v) is 1.26. The number of nitro benzene ring substituents is 1. The number of nitrogens with zero attached hydrogens (tertiary/aromatic N) is 3. The maximum absolute atomic E-state index is 13.1. The molecule has 0 saturated carbocycles. The molecule has 8 heteroatoms. The van der Waals surface area contributed by atoms with Gasteiger partial charge in [-0.05, 0) is 6.07 Å². The lowest BCUT2D eigenvalue weighted by atomic mass is 10.2. The van der Waals surface area contributed by atoms with Crippen LogP contribution < -0.4 is 5.73 Å². The van der Waals surface area contributed by atoms with Crippen molar-refractivity contribution in [3.63, 3.8) is 0 Å². The molecular weight excluding hydrogens is 231 g/mol. The van der Waals surface area contributed by atoms with Gasteiger partial charge in [0.15, 0.2) is 0 Å². The Balaban J connectivity index is 2.47. The molecule has 2 N–H and O–H groups in total. The lowest BCUT2D eigenvalue weighted by Gasteiger charge is -1.96. The molecular formula is C9H7FN4O3. The minimum absolute atomic E-state index is 0.00644. The standard InChI is InChI=1S/C9H7FN4O3/c10-6-1-5(2-7(3-6)14(15)16)9-13-12-8(4-11)17-9/h1-3H,4,11H2. The van der Waals surface area contributed by atoms with E-state index in [1.807, 2.05) is 0 Å². The highest BCUT2D eigenvalue weighted by Crippen LogP contribution is 2.24. The molecule has 0 unspecified atom stereocenters. The fraction of sp³-hybridized carbons (Fsp3) is 0.111. The lowest BCUT2D eigenvalue weighted by Crippen LogP contribution is -1.95. The Morgan fingerprint density at radius 3 is 2.76 bits per heavy atom. The van der Waals surface area contributed by atoms with Crippen molar-refractivity contribution in [3.8, 4) is 11.5 Å². The Morgan fingerprint density at radius 1 is 1.41 bits per heavy atom. The summed E-state index contributed by atoms with van der Waals surface area (Å²) in [4.78, 5) is 9.85. The summed E-state index contributed by atoms with van der Waals surface area (Å²) in [6.45, 7) is 0.0460. The zero-order valence-corrected chi connectivity index (χ0v) is 8.46. The van der Waals surface area contributed by atoms with Gasteiger partial charge in [-0.15, -0.1) is 10.2 Å². The minimum atomic E-state index is -0.748. The Bertz CT molecular complexity index is 569. The average molecular weight is 238 g/mol. The molecule has 0 amide bonds. The molecule has 17 heavy (non-hydrogen) atoms. The van der Waals surface area contributed by atoms with E-state index in [2.05, 4.69) is 10.2 Å². The first-order valence-corrected chi connectivity index (χ1v) is 4.58. The van der Waals surface area contributed by atoms with Gasteiger partial charge < -0.3 is 10.2 Å². The first-order valence-electron chi connectivity index (χ1n) is 4.58. The smallest absolute Gasteiger partial charge is 0.273 e. The van der Waals surface area contributed by atoms with Gasteiger partial charge in [-0.3, -0.25) is 10.1 Å². The molecule has 0 radical (unpaired) electrons. The zero-order chi connectivity index (χ0) is 12.4. The molecule has 0 bridgehead atoms. The number of nitrogens with two attached hydrogens (primary N) is 1. The number of rotatable bonds is 3. The van der Waals surface area contributed by atoms with Gasteiger partial charge in [-0.1, -0.05) is 0 Å². The molecule has 0 fully saturated rings. The highest BCUT2D eigenvalue weighted by atomic mass is 19.1. The maximum atomic E-state index is 13.1. The van der Waals surface area contributed by atoms with E-state index in [1.54, 1.807) is 0 Å². The molecule has 7 nitrogen and oxygen atoms in total. The molecule has 1 aromatic carbocycles. The Kier molecular flexibility index (Phi) is 2.79. The highest BCUT2D eigenvalue weighted by Gasteiger charge is 2.14. The first-order chi connectivity index (χ1) is 8.10. The highest BCUT2D eigenvalue weighted by molar-refractivity contribution is 5.57. The van der Waals surface area contributed by atoms with E-state index in [0.717, 1.165) is 18.2 Å². The molecule has 0 aliphatic carbocycles. The van der Waals surface area contributed by atoms with Crippen molar-refractivity contribution >= 4 is 5.69 Å². The maximum Gasteiger partial charge on any atom is 0.273 e. The fourth-order valence-electron chi connectivity index (χ4n) is 1.26. The number of aromatic nitrogens is 2. The molecule has 1 heterocycles. The molecule has 0 aliphatic heterocycles. The van der Waals surface area contributed by atoms with Crippen molar-refractivity contribution in [3.05, 3.63) is 40.0 Å². The quantitative estimate of drug-likeness (QED) is 0.636. The van der Waals surface area contributed by atoms with Crippen LogP contribution in [0, 0.1) is 15.9 Å². The summed E-state index contributed by atoms with van der Waals surface area (Å²) < 4.78 is 18.2. The Labute approximate surface area is 94.2 Å². The summed E-state index contributed by atoms with van der Waals surface area (Å²) >= 11 is 0. The molecule has 2 aromatic rings. The average Bonchev–Trinajstić information content (AvgIpc) is 2.76. The van der Waals surface area contributed by atoms with Crippen molar-refractivity contribution in [1.29, 1.82) is 0 Å². The molecule has 0 aliphatic rings. The van der Waals surface area contributed by atoms with E-state index >= 15 is 0 Å². The predicted molar refractivity (Wildman–Crippen MR) is 54.2 cm³/mol. The number of hydrogen-bond acceptors (Lipinski definition) is 6. The van der Waals surface area contributed by atoms with E-state index in [-0.39, 0.29) is 29.6 Å². The molecule has 2 rings (SSSR count). The van der Waals surface area contributed by atoms with Gasteiger partial charge in [0.2, 0.25) is 11.8 Å². The monoisotopic (exact) mass is 238 g/mol. The summed E-state index contributed by atoms with van der Waals surface area (Å²) in [6.07, 6.45) is 0. The molecule has 0 saturated heterocycles. The second-order valence-corrected chi connectivity index (χ2v) is 3.16. The largest absolute Gasteiger partial charge is 0.419 e. The van der Waals surface area contributed by atoms with E-state index in [9.17, 15) is 14.5 Å². The van der Waals surface area contributed by atoms with Crippen molar-refractivity contribution in [2.24, 2.45) is 5.73 Å². The Morgan fingerprint density at radius 2 is 2.18 bits per heavy atom. The third-order valence-electron chi connectivity index (χ3n) is 1.98. The van der Waals surface area contributed by atoms with Crippen LogP contribution in [-0.2, 0) is 6.54 Å². The SMILES string of the molecule is NCc1nnc(-c2cc(F)cc([N+](=O)[O-])c2)o1. The van der Waals surface area contributed by atoms with Crippen LogP contribution in [0.3, 0.4) is 0 Å². The summed E-state index contributed by atoms with van der Waals surface area (Å²) in [5, 5.41) is 17.7. The van der Waals surface area contributed by atoms with Crippen LogP contribution in [0.5, 0.6) is 0 Å². The van der Waals surface area contributed by atoms with E-state index in [4.69, 9.17) is 10.2 Å². The van der Waals surface area contributed by atoms with Crippen LogP contribution in [-0.4, -0.2) is 15.1 Å². The number of non-ortho nitro benzene ring substituents is 1. The molecule has 1 aromatic heterocycles. The second kappa shape index (κ2) is 4.26. The summed E-state index contributed by atoms with van der Waals surface area (Å²) in [5.74, 6) is -0.582. The molecule has 0 spiro atoms. The van der Waals surface area contributed by atoms with Crippen LogP contribution >= 0.6 is 0 Å². The van der Waals surface area contributed by atoms with Crippen molar-refractivity contribution in [2.75, 3.05) is 0 Å². The summed E-state index contributed by atoms with van der Waals surface area (Å²) in [5.41, 5.74) is 5.03. The number of hydrogen-bond donors (Lipinski definition) is 1. The van der Waals surface area contributed by atoms with E-state index in [1.165, 1.54) is 0 Å². The van der Waals surface area contributed by atoms with Gasteiger partial charge in [0.1, 0.15) is 5.82 Å². The van der Waals surface area contributed by atoms with E-state index < -0.39 is 10.7 Å². The van der Waals surface area contributed by atoms with Gasteiger partial charge in [0, 0.05) is 11.6 Å². The predicted octanol–water partition coefficient (Wildman–Crippen LogP) is 1.24.